The van der Waals surface area contributed by atoms with E-state index in [9.17, 15) is 9.59 Å². The SMILES string of the molecule is CCNC(=O)c1ccc(NC(=O)C(CC)OC)cc1Cl. The highest BCUT2D eigenvalue weighted by Gasteiger charge is 2.16. The minimum absolute atomic E-state index is 0.237. The fourth-order valence-corrected chi connectivity index (χ4v) is 1.98. The van der Waals surface area contributed by atoms with Gasteiger partial charge in [-0.1, -0.05) is 18.5 Å². The van der Waals surface area contributed by atoms with Crippen LogP contribution in [0.4, 0.5) is 5.69 Å². The average Bonchev–Trinajstić information content (AvgIpc) is 2.40. The summed E-state index contributed by atoms with van der Waals surface area (Å²) in [6, 6.07) is 4.76. The van der Waals surface area contributed by atoms with Crippen LogP contribution in [-0.4, -0.2) is 31.6 Å². The molecule has 20 heavy (non-hydrogen) atoms. The van der Waals surface area contributed by atoms with Crippen LogP contribution in [0.5, 0.6) is 0 Å². The van der Waals surface area contributed by atoms with Crippen molar-refractivity contribution in [3.8, 4) is 0 Å². The molecule has 110 valence electrons. The van der Waals surface area contributed by atoms with E-state index >= 15 is 0 Å². The van der Waals surface area contributed by atoms with Crippen LogP contribution in [-0.2, 0) is 9.53 Å². The van der Waals surface area contributed by atoms with Crippen LogP contribution in [0.1, 0.15) is 30.6 Å². The number of benzene rings is 1. The molecule has 2 N–H and O–H groups in total. The monoisotopic (exact) mass is 298 g/mol. The molecule has 2 amide bonds. The van der Waals surface area contributed by atoms with E-state index in [0.29, 0.717) is 29.2 Å². The van der Waals surface area contributed by atoms with Gasteiger partial charge in [-0.05, 0) is 31.5 Å². The molecule has 5 nitrogen and oxygen atoms in total. The molecule has 0 saturated heterocycles. The van der Waals surface area contributed by atoms with Gasteiger partial charge in [-0.2, -0.15) is 0 Å². The standard InChI is InChI=1S/C14H19ClN2O3/c1-4-12(20-3)14(19)17-9-6-7-10(11(15)8-9)13(18)16-5-2/h6-8,12H,4-5H2,1-3H3,(H,16,18)(H,17,19). The molecule has 0 spiro atoms. The molecule has 0 fully saturated rings. The third-order valence-electron chi connectivity index (χ3n) is 2.77. The highest BCUT2D eigenvalue weighted by atomic mass is 35.5. The smallest absolute Gasteiger partial charge is 0.253 e. The zero-order chi connectivity index (χ0) is 15.1. The summed E-state index contributed by atoms with van der Waals surface area (Å²) in [6.07, 6.45) is 0.0735. The van der Waals surface area contributed by atoms with Gasteiger partial charge in [0.05, 0.1) is 10.6 Å². The Hall–Kier alpha value is -1.59. The summed E-state index contributed by atoms with van der Waals surface area (Å²) in [6.45, 7) is 4.22. The summed E-state index contributed by atoms with van der Waals surface area (Å²) < 4.78 is 5.05. The molecule has 0 aliphatic heterocycles. The summed E-state index contributed by atoms with van der Waals surface area (Å²) in [5, 5.41) is 5.66. The second-order valence-electron chi connectivity index (χ2n) is 4.18. The van der Waals surface area contributed by atoms with E-state index in [1.165, 1.54) is 7.11 Å². The minimum Gasteiger partial charge on any atom is -0.372 e. The summed E-state index contributed by atoms with van der Waals surface area (Å²) in [5.74, 6) is -0.476. The molecular formula is C14H19ClN2O3. The lowest BCUT2D eigenvalue weighted by molar-refractivity contribution is -0.125. The number of carbonyl (C=O) groups excluding carboxylic acids is 2. The molecule has 1 atom stereocenters. The highest BCUT2D eigenvalue weighted by molar-refractivity contribution is 6.34. The van der Waals surface area contributed by atoms with E-state index < -0.39 is 6.10 Å². The first-order valence-electron chi connectivity index (χ1n) is 6.44. The normalized spacial score (nSPS) is 11.8. The number of carbonyl (C=O) groups is 2. The number of halogens is 1. The van der Waals surface area contributed by atoms with Crippen molar-refractivity contribution in [2.24, 2.45) is 0 Å². The Morgan fingerprint density at radius 3 is 2.55 bits per heavy atom. The first-order chi connectivity index (χ1) is 9.53. The lowest BCUT2D eigenvalue weighted by atomic mass is 10.1. The second-order valence-corrected chi connectivity index (χ2v) is 4.58. The van der Waals surface area contributed by atoms with Crippen LogP contribution in [0.2, 0.25) is 5.02 Å². The number of rotatable bonds is 6. The first-order valence-corrected chi connectivity index (χ1v) is 6.82. The molecule has 6 heteroatoms. The Morgan fingerprint density at radius 1 is 1.35 bits per heavy atom. The number of nitrogens with one attached hydrogen (secondary N) is 2. The number of methoxy groups -OCH3 is 1. The van der Waals surface area contributed by atoms with Gasteiger partial charge < -0.3 is 15.4 Å². The molecular weight excluding hydrogens is 280 g/mol. The van der Waals surface area contributed by atoms with Crippen molar-refractivity contribution in [3.05, 3.63) is 28.8 Å². The fourth-order valence-electron chi connectivity index (χ4n) is 1.71. The Balaban J connectivity index is 2.82. The van der Waals surface area contributed by atoms with Crippen molar-refractivity contribution >= 4 is 29.1 Å². The maximum atomic E-state index is 11.8. The Kier molecular flexibility index (Phi) is 6.48. The predicted octanol–water partition coefficient (Wildman–Crippen LogP) is 2.45. The van der Waals surface area contributed by atoms with Gasteiger partial charge in [0.2, 0.25) is 0 Å². The zero-order valence-corrected chi connectivity index (χ0v) is 12.6. The zero-order valence-electron chi connectivity index (χ0n) is 11.8. The van der Waals surface area contributed by atoms with E-state index in [0.717, 1.165) is 0 Å². The van der Waals surface area contributed by atoms with Gasteiger partial charge in [0.15, 0.2) is 0 Å². The van der Waals surface area contributed by atoms with Crippen LogP contribution in [0, 0.1) is 0 Å². The second kappa shape index (κ2) is 7.87. The topological polar surface area (TPSA) is 67.4 Å². The maximum absolute atomic E-state index is 11.8. The van der Waals surface area contributed by atoms with Gasteiger partial charge in [-0.3, -0.25) is 9.59 Å². The third-order valence-corrected chi connectivity index (χ3v) is 3.08. The van der Waals surface area contributed by atoms with Crippen LogP contribution in [0.25, 0.3) is 0 Å². The van der Waals surface area contributed by atoms with Crippen molar-refractivity contribution in [2.45, 2.75) is 26.4 Å². The van der Waals surface area contributed by atoms with Crippen molar-refractivity contribution < 1.29 is 14.3 Å². The molecule has 0 saturated carbocycles. The number of hydrogen-bond acceptors (Lipinski definition) is 3. The van der Waals surface area contributed by atoms with Gasteiger partial charge in [-0.15, -0.1) is 0 Å². The summed E-state index contributed by atoms with van der Waals surface area (Å²) in [4.78, 5) is 23.5. The van der Waals surface area contributed by atoms with Crippen molar-refractivity contribution in [3.63, 3.8) is 0 Å². The van der Waals surface area contributed by atoms with Crippen LogP contribution in [0.15, 0.2) is 18.2 Å². The Bertz CT molecular complexity index is 487. The molecule has 1 aromatic rings. The molecule has 0 bridgehead atoms. The van der Waals surface area contributed by atoms with Gasteiger partial charge in [0, 0.05) is 19.3 Å². The molecule has 0 aliphatic carbocycles. The number of amides is 2. The molecule has 0 aromatic heterocycles. The molecule has 0 heterocycles. The van der Waals surface area contributed by atoms with Crippen molar-refractivity contribution in [1.82, 2.24) is 5.32 Å². The molecule has 0 aliphatic rings. The first kappa shape index (κ1) is 16.5. The predicted molar refractivity (Wildman–Crippen MR) is 79.2 cm³/mol. The minimum atomic E-state index is -0.503. The fraction of sp³-hybridized carbons (Fsp3) is 0.429. The van der Waals surface area contributed by atoms with Gasteiger partial charge in [0.25, 0.3) is 11.8 Å². The quantitative estimate of drug-likeness (QED) is 0.848. The van der Waals surface area contributed by atoms with Gasteiger partial charge in [-0.25, -0.2) is 0 Å². The highest BCUT2D eigenvalue weighted by Crippen LogP contribution is 2.21. The van der Waals surface area contributed by atoms with E-state index in [4.69, 9.17) is 16.3 Å². The largest absolute Gasteiger partial charge is 0.372 e. The van der Waals surface area contributed by atoms with Crippen LogP contribution in [0.3, 0.4) is 0 Å². The number of ether oxygens (including phenoxy) is 1. The Morgan fingerprint density at radius 2 is 2.05 bits per heavy atom. The maximum Gasteiger partial charge on any atom is 0.253 e. The molecule has 1 aromatic carbocycles. The van der Waals surface area contributed by atoms with Gasteiger partial charge in [0.1, 0.15) is 6.10 Å². The van der Waals surface area contributed by atoms with Gasteiger partial charge >= 0.3 is 0 Å². The number of hydrogen-bond donors (Lipinski definition) is 2. The summed E-state index contributed by atoms with van der Waals surface area (Å²) in [7, 11) is 1.49. The van der Waals surface area contributed by atoms with E-state index in [1.54, 1.807) is 18.2 Å². The third kappa shape index (κ3) is 4.21. The van der Waals surface area contributed by atoms with E-state index in [1.807, 2.05) is 13.8 Å². The average molecular weight is 299 g/mol. The molecule has 0 radical (unpaired) electrons. The van der Waals surface area contributed by atoms with Crippen LogP contribution >= 0.6 is 11.6 Å². The van der Waals surface area contributed by atoms with Crippen molar-refractivity contribution in [1.29, 1.82) is 0 Å². The summed E-state index contributed by atoms with van der Waals surface area (Å²) >= 11 is 6.05. The van der Waals surface area contributed by atoms with E-state index in [-0.39, 0.29) is 11.8 Å². The van der Waals surface area contributed by atoms with E-state index in [2.05, 4.69) is 10.6 Å². The lowest BCUT2D eigenvalue weighted by Crippen LogP contribution is -2.29. The van der Waals surface area contributed by atoms with Crippen molar-refractivity contribution in [2.75, 3.05) is 19.0 Å². The molecule has 1 rings (SSSR count). The number of anilines is 1. The summed E-state index contributed by atoms with van der Waals surface area (Å²) in [5.41, 5.74) is 0.911. The Labute approximate surface area is 123 Å². The van der Waals surface area contributed by atoms with Crippen LogP contribution < -0.4 is 10.6 Å². The lowest BCUT2D eigenvalue weighted by Gasteiger charge is -2.14. The molecule has 1 unspecified atom stereocenters.